The Balaban J connectivity index is 2.21. The van der Waals surface area contributed by atoms with Crippen LogP contribution in [0.3, 0.4) is 0 Å². The fourth-order valence-corrected chi connectivity index (χ4v) is 6.62. The molecule has 0 aliphatic heterocycles. The van der Waals surface area contributed by atoms with Gasteiger partial charge in [0.05, 0.1) is 0 Å². The summed E-state index contributed by atoms with van der Waals surface area (Å²) in [6.07, 6.45) is 14.3. The molecule has 73 valence electrons. The Morgan fingerprint density at radius 1 is 1.29 bits per heavy atom. The summed E-state index contributed by atoms with van der Waals surface area (Å²) >= 11 is 0.759. The van der Waals surface area contributed by atoms with E-state index in [-0.39, 0.29) is 0 Å². The van der Waals surface area contributed by atoms with Crippen LogP contribution in [0.15, 0.2) is 0 Å². The van der Waals surface area contributed by atoms with Crippen molar-refractivity contribution in [2.75, 3.05) is 0 Å². The van der Waals surface area contributed by atoms with E-state index in [0.29, 0.717) is 2.92 Å². The van der Waals surface area contributed by atoms with Crippen molar-refractivity contribution in [1.29, 1.82) is 0 Å². The second-order valence-corrected chi connectivity index (χ2v) is 10.3. The summed E-state index contributed by atoms with van der Waals surface area (Å²) in [5.41, 5.74) is 0. The van der Waals surface area contributed by atoms with Crippen LogP contribution in [0.2, 0.25) is 2.92 Å². The number of hydrogen-bond donors (Lipinski definition) is 0. The topological polar surface area (TPSA) is 0 Å². The zero-order valence-electron chi connectivity index (χ0n) is 9.26. The molecule has 4 unspecified atom stereocenters. The Labute approximate surface area is 104 Å². The molecule has 4 atom stereocenters. The molecule has 0 heterocycles. The van der Waals surface area contributed by atoms with Crippen LogP contribution in [0.25, 0.3) is 0 Å². The van der Waals surface area contributed by atoms with Crippen LogP contribution >= 0.6 is 0 Å². The van der Waals surface area contributed by atoms with E-state index in [0.717, 1.165) is 43.9 Å². The van der Waals surface area contributed by atoms with Crippen molar-refractivity contribution in [3.8, 4) is 12.3 Å². The van der Waals surface area contributed by atoms with Crippen molar-refractivity contribution in [2.24, 2.45) is 17.8 Å². The number of hydrogen-bond acceptors (Lipinski definition) is 0. The van der Waals surface area contributed by atoms with Crippen molar-refractivity contribution < 1.29 is 26.1 Å². The summed E-state index contributed by atoms with van der Waals surface area (Å²) in [6, 6.07) is 0. The van der Waals surface area contributed by atoms with Gasteiger partial charge in [0.1, 0.15) is 0 Å². The van der Waals surface area contributed by atoms with E-state index in [2.05, 4.69) is 12.8 Å². The van der Waals surface area contributed by atoms with Gasteiger partial charge in [-0.1, -0.05) is 0 Å². The summed E-state index contributed by atoms with van der Waals surface area (Å²) in [5.74, 6) is 6.02. The van der Waals surface area contributed by atoms with Gasteiger partial charge in [-0.05, 0) is 0 Å². The molecule has 2 aliphatic carbocycles. The summed E-state index contributed by atoms with van der Waals surface area (Å²) < 4.78 is 0.414. The van der Waals surface area contributed by atoms with Gasteiger partial charge in [-0.15, -0.1) is 0 Å². The van der Waals surface area contributed by atoms with Crippen molar-refractivity contribution in [3.05, 3.63) is 0 Å². The van der Waals surface area contributed by atoms with E-state index in [1.807, 2.05) is 0 Å². The molecule has 0 aromatic heterocycles. The quantitative estimate of drug-likeness (QED) is 0.448. The van der Waals surface area contributed by atoms with Crippen LogP contribution in [0, 0.1) is 30.1 Å². The second kappa shape index (κ2) is 4.16. The fraction of sp³-hybridized carbons (Fsp3) is 0.846. The zero-order valence-corrected chi connectivity index (χ0v) is 14.8. The molecule has 0 aromatic rings. The van der Waals surface area contributed by atoms with E-state index in [4.69, 9.17) is 6.42 Å². The SMILES string of the molecule is C#C[C]1([Hg])CCCC2C(C)CCCC21. The number of fused-ring (bicyclic) bond motifs is 1. The first kappa shape index (κ1) is 11.0. The Morgan fingerprint density at radius 2 is 2.07 bits per heavy atom. The third kappa shape index (κ3) is 1.78. The molecule has 1 heteroatoms. The summed E-state index contributed by atoms with van der Waals surface area (Å²) in [5, 5.41) is 0. The van der Waals surface area contributed by atoms with Gasteiger partial charge in [-0.2, -0.15) is 0 Å². The van der Waals surface area contributed by atoms with E-state index < -0.39 is 0 Å². The van der Waals surface area contributed by atoms with Crippen molar-refractivity contribution in [1.82, 2.24) is 0 Å². The third-order valence-corrected chi connectivity index (χ3v) is 8.79. The summed E-state index contributed by atoms with van der Waals surface area (Å²) in [7, 11) is 0. The molecule has 0 N–H and O–H groups in total. The maximum atomic E-state index is 5.79. The molecule has 2 rings (SSSR count). The second-order valence-electron chi connectivity index (χ2n) is 5.37. The Kier molecular flexibility index (Phi) is 3.27. The van der Waals surface area contributed by atoms with Gasteiger partial charge in [0, 0.05) is 0 Å². The molecule has 0 amide bonds. The fourth-order valence-electron chi connectivity index (χ4n) is 3.67. The zero-order chi connectivity index (χ0) is 10.2. The van der Waals surface area contributed by atoms with Gasteiger partial charge in [0.25, 0.3) is 0 Å². The minimum absolute atomic E-state index is 0.414. The van der Waals surface area contributed by atoms with E-state index >= 15 is 0 Å². The third-order valence-electron chi connectivity index (χ3n) is 4.58. The molecule has 0 radical (unpaired) electrons. The van der Waals surface area contributed by atoms with Gasteiger partial charge in [0.2, 0.25) is 0 Å². The summed E-state index contributed by atoms with van der Waals surface area (Å²) in [4.78, 5) is 0. The average molecular weight is 376 g/mol. The standard InChI is InChI=1S/C13H19.Hg/c1-3-11-7-5-8-12-10(2)6-4-9-13(11)12;/h1,10,12-13H,4-9H2,2H3;. The van der Waals surface area contributed by atoms with Gasteiger partial charge in [0.15, 0.2) is 0 Å². The van der Waals surface area contributed by atoms with E-state index in [1.165, 1.54) is 38.5 Å². The van der Waals surface area contributed by atoms with Gasteiger partial charge in [-0.3, -0.25) is 0 Å². The minimum atomic E-state index is 0.414. The molecule has 14 heavy (non-hydrogen) atoms. The number of rotatable bonds is 0. The van der Waals surface area contributed by atoms with E-state index in [1.54, 1.807) is 0 Å². The van der Waals surface area contributed by atoms with Crippen molar-refractivity contribution in [3.63, 3.8) is 0 Å². The molecular formula is C13H19Hg. The van der Waals surface area contributed by atoms with Crippen molar-refractivity contribution >= 4 is 0 Å². The normalized spacial score (nSPS) is 48.0. The van der Waals surface area contributed by atoms with Crippen LogP contribution < -0.4 is 0 Å². The van der Waals surface area contributed by atoms with Crippen LogP contribution in [-0.4, -0.2) is 0 Å². The monoisotopic (exact) mass is 377 g/mol. The Hall–Kier alpha value is 0.495. The van der Waals surface area contributed by atoms with Crippen molar-refractivity contribution in [2.45, 2.75) is 48.4 Å². The van der Waals surface area contributed by atoms with Gasteiger partial charge < -0.3 is 0 Å². The van der Waals surface area contributed by atoms with E-state index in [9.17, 15) is 0 Å². The molecule has 0 spiro atoms. The van der Waals surface area contributed by atoms with Gasteiger partial charge in [-0.25, -0.2) is 0 Å². The first-order chi connectivity index (χ1) is 6.67. The molecule has 0 saturated heterocycles. The molecule has 0 aromatic carbocycles. The summed E-state index contributed by atoms with van der Waals surface area (Å²) in [6.45, 7) is 2.45. The maximum absolute atomic E-state index is 5.79. The van der Waals surface area contributed by atoms with Gasteiger partial charge >= 0.3 is 105 Å². The first-order valence-corrected chi connectivity index (χ1v) is 8.75. The molecule has 0 nitrogen and oxygen atoms in total. The van der Waals surface area contributed by atoms with Crippen LogP contribution in [0.5, 0.6) is 0 Å². The molecule has 2 saturated carbocycles. The van der Waals surface area contributed by atoms with Crippen LogP contribution in [-0.2, 0) is 26.1 Å². The first-order valence-electron chi connectivity index (χ1n) is 6.00. The Morgan fingerprint density at radius 3 is 2.79 bits per heavy atom. The molecule has 2 aliphatic rings. The molecular weight excluding hydrogens is 357 g/mol. The van der Waals surface area contributed by atoms with Crippen LogP contribution in [0.4, 0.5) is 0 Å². The molecule has 2 fully saturated rings. The Bertz CT molecular complexity index is 252. The van der Waals surface area contributed by atoms with Crippen LogP contribution in [0.1, 0.15) is 45.4 Å². The molecule has 0 bridgehead atoms. The number of terminal acetylenes is 1. The predicted molar refractivity (Wildman–Crippen MR) is 55.4 cm³/mol. The predicted octanol–water partition coefficient (Wildman–Crippen LogP) is 3.56. The average Bonchev–Trinajstić information content (AvgIpc) is 2.20.